The smallest absolute Gasteiger partial charge is 0.257 e. The van der Waals surface area contributed by atoms with Crippen molar-refractivity contribution in [2.45, 2.75) is 26.4 Å². The molecule has 0 aliphatic carbocycles. The molecule has 1 amide bonds. The van der Waals surface area contributed by atoms with Crippen molar-refractivity contribution in [1.82, 2.24) is 5.32 Å². The lowest BCUT2D eigenvalue weighted by Crippen LogP contribution is -2.34. The van der Waals surface area contributed by atoms with Crippen LogP contribution in [-0.2, 0) is 4.74 Å². The van der Waals surface area contributed by atoms with Crippen molar-refractivity contribution in [3.05, 3.63) is 52.5 Å². The topological polar surface area (TPSA) is 68.8 Å². The summed E-state index contributed by atoms with van der Waals surface area (Å²) in [5.74, 6) is 1.06. The van der Waals surface area contributed by atoms with Gasteiger partial charge in [0.15, 0.2) is 5.11 Å². The summed E-state index contributed by atoms with van der Waals surface area (Å²) in [5.41, 5.74) is 1.19. The Labute approximate surface area is 185 Å². The minimum atomic E-state index is -0.321. The first-order valence-electron chi connectivity index (χ1n) is 9.23. The van der Waals surface area contributed by atoms with Crippen LogP contribution >= 0.6 is 28.1 Å². The molecule has 2 aromatic rings. The standard InChI is InChI=1S/C21H25BrN2O4S/c1-4-14(2)28-17-7-5-6-16(13-17)23-21(29)24-20(25)15-8-9-19(18(22)12-15)27-11-10-26-3/h5-9,12-14H,4,10-11H2,1-3H3,(H2,23,24,25,29). The second kappa shape index (κ2) is 11.7. The summed E-state index contributed by atoms with van der Waals surface area (Å²) in [7, 11) is 1.61. The zero-order valence-corrected chi connectivity index (χ0v) is 19.1. The summed E-state index contributed by atoms with van der Waals surface area (Å²) in [6.45, 7) is 4.98. The number of carbonyl (C=O) groups is 1. The predicted molar refractivity (Wildman–Crippen MR) is 122 cm³/mol. The van der Waals surface area contributed by atoms with E-state index in [0.29, 0.717) is 29.0 Å². The lowest BCUT2D eigenvalue weighted by molar-refractivity contribution is 0.0977. The Morgan fingerprint density at radius 3 is 2.69 bits per heavy atom. The van der Waals surface area contributed by atoms with Crippen LogP contribution in [0.25, 0.3) is 0 Å². The van der Waals surface area contributed by atoms with E-state index in [4.69, 9.17) is 26.4 Å². The van der Waals surface area contributed by atoms with Crippen LogP contribution in [0.2, 0.25) is 0 Å². The maximum Gasteiger partial charge on any atom is 0.257 e. The van der Waals surface area contributed by atoms with Crippen LogP contribution in [0.3, 0.4) is 0 Å². The van der Waals surface area contributed by atoms with Crippen molar-refractivity contribution in [2.24, 2.45) is 0 Å². The molecule has 8 heteroatoms. The number of hydrogen-bond donors (Lipinski definition) is 2. The average molecular weight is 481 g/mol. The summed E-state index contributed by atoms with van der Waals surface area (Å²) in [4.78, 5) is 12.5. The molecule has 1 unspecified atom stereocenters. The molecule has 0 aromatic heterocycles. The zero-order valence-electron chi connectivity index (χ0n) is 16.7. The molecule has 2 rings (SSSR count). The van der Waals surface area contributed by atoms with Crippen LogP contribution in [0.5, 0.6) is 11.5 Å². The van der Waals surface area contributed by atoms with Crippen LogP contribution in [0.15, 0.2) is 46.9 Å². The molecule has 0 aliphatic heterocycles. The van der Waals surface area contributed by atoms with Gasteiger partial charge in [0.2, 0.25) is 0 Å². The Kier molecular flexibility index (Phi) is 9.37. The summed E-state index contributed by atoms with van der Waals surface area (Å²) in [5, 5.41) is 5.88. The van der Waals surface area contributed by atoms with Crippen molar-refractivity contribution >= 4 is 44.9 Å². The second-order valence-electron chi connectivity index (χ2n) is 6.26. The van der Waals surface area contributed by atoms with Gasteiger partial charge in [-0.3, -0.25) is 10.1 Å². The van der Waals surface area contributed by atoms with Crippen molar-refractivity contribution in [2.75, 3.05) is 25.6 Å². The highest BCUT2D eigenvalue weighted by molar-refractivity contribution is 9.10. The number of hydrogen-bond acceptors (Lipinski definition) is 5. The largest absolute Gasteiger partial charge is 0.491 e. The van der Waals surface area contributed by atoms with Gasteiger partial charge in [0.1, 0.15) is 18.1 Å². The highest BCUT2D eigenvalue weighted by Gasteiger charge is 2.11. The Morgan fingerprint density at radius 2 is 2.00 bits per heavy atom. The van der Waals surface area contributed by atoms with Gasteiger partial charge in [0.25, 0.3) is 5.91 Å². The number of methoxy groups -OCH3 is 1. The monoisotopic (exact) mass is 480 g/mol. The second-order valence-corrected chi connectivity index (χ2v) is 7.52. The van der Waals surface area contributed by atoms with Gasteiger partial charge in [-0.15, -0.1) is 0 Å². The molecule has 1 atom stereocenters. The van der Waals surface area contributed by atoms with E-state index < -0.39 is 0 Å². The molecule has 0 saturated heterocycles. The highest BCUT2D eigenvalue weighted by Crippen LogP contribution is 2.26. The van der Waals surface area contributed by atoms with E-state index in [-0.39, 0.29) is 17.1 Å². The number of nitrogens with one attached hydrogen (secondary N) is 2. The van der Waals surface area contributed by atoms with E-state index in [1.807, 2.05) is 31.2 Å². The first-order chi connectivity index (χ1) is 13.9. The zero-order chi connectivity index (χ0) is 21.2. The molecule has 156 valence electrons. The maximum absolute atomic E-state index is 12.5. The molecule has 0 fully saturated rings. The van der Waals surface area contributed by atoms with Crippen LogP contribution in [0.1, 0.15) is 30.6 Å². The van der Waals surface area contributed by atoms with Gasteiger partial charge in [-0.05, 0) is 71.8 Å². The van der Waals surface area contributed by atoms with Gasteiger partial charge < -0.3 is 19.5 Å². The summed E-state index contributed by atoms with van der Waals surface area (Å²) >= 11 is 8.67. The first-order valence-corrected chi connectivity index (χ1v) is 10.4. The van der Waals surface area contributed by atoms with E-state index >= 15 is 0 Å². The van der Waals surface area contributed by atoms with Crippen LogP contribution < -0.4 is 20.1 Å². The quantitative estimate of drug-likeness (QED) is 0.397. The molecule has 2 N–H and O–H groups in total. The number of benzene rings is 2. The van der Waals surface area contributed by atoms with Gasteiger partial charge in [0.05, 0.1) is 17.2 Å². The summed E-state index contributed by atoms with van der Waals surface area (Å²) in [6, 6.07) is 12.5. The van der Waals surface area contributed by atoms with E-state index in [1.165, 1.54) is 0 Å². The number of anilines is 1. The minimum Gasteiger partial charge on any atom is -0.491 e. The Morgan fingerprint density at radius 1 is 1.21 bits per heavy atom. The third kappa shape index (κ3) is 7.64. The molecule has 0 saturated carbocycles. The third-order valence-electron chi connectivity index (χ3n) is 3.97. The predicted octanol–water partition coefficient (Wildman–Crippen LogP) is 4.78. The van der Waals surface area contributed by atoms with E-state index in [0.717, 1.165) is 17.9 Å². The molecule has 0 spiro atoms. The molecule has 2 aromatic carbocycles. The average Bonchev–Trinajstić information content (AvgIpc) is 2.69. The molecule has 0 heterocycles. The van der Waals surface area contributed by atoms with E-state index in [2.05, 4.69) is 33.5 Å². The van der Waals surface area contributed by atoms with E-state index in [9.17, 15) is 4.79 Å². The van der Waals surface area contributed by atoms with Gasteiger partial charge in [0, 0.05) is 24.4 Å². The van der Waals surface area contributed by atoms with Crippen molar-refractivity contribution in [3.8, 4) is 11.5 Å². The van der Waals surface area contributed by atoms with Crippen molar-refractivity contribution in [3.63, 3.8) is 0 Å². The van der Waals surface area contributed by atoms with Gasteiger partial charge >= 0.3 is 0 Å². The normalized spacial score (nSPS) is 11.4. The number of halogens is 1. The molecule has 0 bridgehead atoms. The molecule has 29 heavy (non-hydrogen) atoms. The number of amides is 1. The van der Waals surface area contributed by atoms with Crippen LogP contribution in [0.4, 0.5) is 5.69 Å². The Bertz CT molecular complexity index is 847. The van der Waals surface area contributed by atoms with Crippen LogP contribution in [0, 0.1) is 0 Å². The minimum absolute atomic E-state index is 0.122. The highest BCUT2D eigenvalue weighted by atomic mass is 79.9. The van der Waals surface area contributed by atoms with Crippen molar-refractivity contribution < 1.29 is 19.0 Å². The Balaban J connectivity index is 1.94. The fourth-order valence-corrected chi connectivity index (χ4v) is 3.00. The first kappa shape index (κ1) is 23.1. The number of rotatable bonds is 9. The number of carbonyl (C=O) groups excluding carboxylic acids is 1. The lowest BCUT2D eigenvalue weighted by Gasteiger charge is -2.14. The maximum atomic E-state index is 12.5. The molecular weight excluding hydrogens is 456 g/mol. The molecule has 0 aliphatic rings. The third-order valence-corrected chi connectivity index (χ3v) is 4.79. The van der Waals surface area contributed by atoms with E-state index in [1.54, 1.807) is 25.3 Å². The van der Waals surface area contributed by atoms with Gasteiger partial charge in [-0.25, -0.2) is 0 Å². The Hall–Kier alpha value is -2.16. The van der Waals surface area contributed by atoms with Crippen molar-refractivity contribution in [1.29, 1.82) is 0 Å². The lowest BCUT2D eigenvalue weighted by atomic mass is 10.2. The molecular formula is C21H25BrN2O4S. The molecule has 0 radical (unpaired) electrons. The fraction of sp³-hybridized carbons (Fsp3) is 0.333. The summed E-state index contributed by atoms with van der Waals surface area (Å²) < 4.78 is 17.0. The van der Waals surface area contributed by atoms with Crippen LogP contribution in [-0.4, -0.2) is 37.4 Å². The fourth-order valence-electron chi connectivity index (χ4n) is 2.29. The number of ether oxygens (including phenoxy) is 3. The molecule has 6 nitrogen and oxygen atoms in total. The summed E-state index contributed by atoms with van der Waals surface area (Å²) in [6.07, 6.45) is 1.04. The van der Waals surface area contributed by atoms with Gasteiger partial charge in [-0.2, -0.15) is 0 Å². The number of thiocarbonyl (C=S) groups is 1. The SMILES string of the molecule is CCC(C)Oc1cccc(NC(=S)NC(=O)c2ccc(OCCOC)c(Br)c2)c1. The van der Waals surface area contributed by atoms with Gasteiger partial charge in [-0.1, -0.05) is 13.0 Å².